The zero-order chi connectivity index (χ0) is 34.5. The molecule has 3 rings (SSSR count). The predicted octanol–water partition coefficient (Wildman–Crippen LogP) is 12.1. The average Bonchev–Trinajstić information content (AvgIpc) is 3.68. The van der Waals surface area contributed by atoms with Gasteiger partial charge in [-0.1, -0.05) is 114 Å². The lowest BCUT2D eigenvalue weighted by Crippen LogP contribution is -1.98. The van der Waals surface area contributed by atoms with Crippen molar-refractivity contribution in [3.63, 3.8) is 0 Å². The topological polar surface area (TPSA) is 80.4 Å². The number of thiophene rings is 2. The van der Waals surface area contributed by atoms with Crippen LogP contribution in [0.1, 0.15) is 105 Å². The standard InChI is InChI=1S/C13H12O2S.C12H12OS.C5H10.3C2H6.CH5N/c1-8-3-5-10(6-4-8)11-7-16-9(2)12(11)13(14)15;1-4-6-10(5-2)12-8-7-11(14-12)9(3)13;1-4-5(2)3;4*1-2/h3-7H,1-2H3,(H,14,15);4-8H,1-2H2,3H3;4H,1-3H3;3*1-2H3;2H2,1H3/b;10-6+;;;;;. The molecule has 2 aromatic heterocycles. The highest BCUT2D eigenvalue weighted by atomic mass is 32.1. The van der Waals surface area contributed by atoms with Gasteiger partial charge in [-0.25, -0.2) is 4.79 Å². The smallest absolute Gasteiger partial charge is 0.337 e. The van der Waals surface area contributed by atoms with Gasteiger partial charge in [0, 0.05) is 15.3 Å². The molecular formula is C37H57NO3S2. The van der Waals surface area contributed by atoms with Crippen molar-refractivity contribution in [2.24, 2.45) is 5.73 Å². The van der Waals surface area contributed by atoms with Crippen molar-refractivity contribution < 1.29 is 14.7 Å². The summed E-state index contributed by atoms with van der Waals surface area (Å²) in [6.45, 7) is 31.0. The Bertz CT molecular complexity index is 1220. The van der Waals surface area contributed by atoms with E-state index >= 15 is 0 Å². The van der Waals surface area contributed by atoms with Crippen LogP contribution in [0.4, 0.5) is 0 Å². The molecule has 0 unspecified atom stereocenters. The third-order valence-corrected chi connectivity index (χ3v) is 7.03. The fourth-order valence-electron chi connectivity index (χ4n) is 2.73. The minimum Gasteiger partial charge on any atom is -0.478 e. The van der Waals surface area contributed by atoms with E-state index in [9.17, 15) is 9.59 Å². The van der Waals surface area contributed by atoms with Crippen LogP contribution in [-0.2, 0) is 0 Å². The summed E-state index contributed by atoms with van der Waals surface area (Å²) in [6, 6.07) is 11.7. The SMILES string of the molecule is C=C/C=C(\C=C)c1ccc(C(C)=O)s1.CC.CC.CC.CC=C(C)C.CN.Cc1ccc(-c2csc(C)c2C(=O)O)cc1. The van der Waals surface area contributed by atoms with Crippen LogP contribution in [0.2, 0.25) is 0 Å². The van der Waals surface area contributed by atoms with Gasteiger partial charge in [0.1, 0.15) is 0 Å². The fourth-order valence-corrected chi connectivity index (χ4v) is 4.51. The summed E-state index contributed by atoms with van der Waals surface area (Å²) < 4.78 is 0. The van der Waals surface area contributed by atoms with Gasteiger partial charge in [-0.3, -0.25) is 4.79 Å². The minimum atomic E-state index is -0.852. The zero-order valence-corrected chi connectivity index (χ0v) is 30.6. The van der Waals surface area contributed by atoms with Crippen LogP contribution in [-0.4, -0.2) is 23.9 Å². The number of hydrogen-bond donors (Lipinski definition) is 2. The number of carbonyl (C=O) groups excluding carboxylic acids is 1. The van der Waals surface area contributed by atoms with Gasteiger partial charge in [-0.15, -0.1) is 22.7 Å². The summed E-state index contributed by atoms with van der Waals surface area (Å²) >= 11 is 2.95. The maximum absolute atomic E-state index is 11.2. The molecule has 6 heteroatoms. The van der Waals surface area contributed by atoms with Crippen molar-refractivity contribution >= 4 is 40.0 Å². The maximum atomic E-state index is 11.2. The Morgan fingerprint density at radius 3 is 1.65 bits per heavy atom. The molecule has 0 saturated heterocycles. The molecular weight excluding hydrogens is 571 g/mol. The first-order valence-electron chi connectivity index (χ1n) is 14.7. The molecule has 3 N–H and O–H groups in total. The van der Waals surface area contributed by atoms with Crippen molar-refractivity contribution in [3.05, 3.63) is 111 Å². The van der Waals surface area contributed by atoms with Crippen molar-refractivity contribution in [3.8, 4) is 11.1 Å². The second-order valence-corrected chi connectivity index (χ2v) is 10.1. The van der Waals surface area contributed by atoms with Crippen molar-refractivity contribution in [1.29, 1.82) is 0 Å². The number of carbonyl (C=O) groups is 2. The summed E-state index contributed by atoms with van der Waals surface area (Å²) in [5.41, 5.74) is 10.3. The molecule has 0 aliphatic carbocycles. The number of Topliss-reactive ketones (excluding diaryl/α,β-unsaturated/α-hetero) is 1. The van der Waals surface area contributed by atoms with Gasteiger partial charge in [0.25, 0.3) is 0 Å². The molecule has 0 aliphatic rings. The minimum absolute atomic E-state index is 0.100. The Morgan fingerprint density at radius 1 is 0.837 bits per heavy atom. The molecule has 240 valence electrons. The summed E-state index contributed by atoms with van der Waals surface area (Å²) in [4.78, 5) is 24.9. The number of hydrogen-bond acceptors (Lipinski definition) is 5. The molecule has 0 fully saturated rings. The van der Waals surface area contributed by atoms with Gasteiger partial charge in [0.05, 0.1) is 10.4 Å². The number of carboxylic acids is 1. The lowest BCUT2D eigenvalue weighted by molar-refractivity contribution is 0.0697. The van der Waals surface area contributed by atoms with Crippen LogP contribution < -0.4 is 5.73 Å². The molecule has 0 spiro atoms. The number of benzene rings is 1. The fraction of sp³-hybridized carbons (Fsp3) is 0.351. The predicted molar refractivity (Wildman–Crippen MR) is 198 cm³/mol. The van der Waals surface area contributed by atoms with Crippen LogP contribution in [0, 0.1) is 13.8 Å². The summed E-state index contributed by atoms with van der Waals surface area (Å²) in [5.74, 6) is -0.752. The summed E-state index contributed by atoms with van der Waals surface area (Å²) in [6.07, 6.45) is 7.43. The number of carboxylic acid groups (broad SMARTS) is 1. The van der Waals surface area contributed by atoms with Crippen LogP contribution in [0.15, 0.2) is 84.8 Å². The third-order valence-electron chi connectivity index (χ3n) is 4.88. The van der Waals surface area contributed by atoms with Crippen molar-refractivity contribution in [1.82, 2.24) is 0 Å². The largest absolute Gasteiger partial charge is 0.478 e. The number of aromatic carboxylic acids is 1. The normalized spacial score (nSPS) is 8.84. The van der Waals surface area contributed by atoms with E-state index in [1.807, 2.05) is 110 Å². The maximum Gasteiger partial charge on any atom is 0.337 e. The molecule has 2 heterocycles. The summed E-state index contributed by atoms with van der Waals surface area (Å²) in [5, 5.41) is 11.1. The first kappa shape index (κ1) is 46.6. The molecule has 43 heavy (non-hydrogen) atoms. The van der Waals surface area contributed by atoms with Crippen LogP contribution in [0.5, 0.6) is 0 Å². The van der Waals surface area contributed by atoms with Gasteiger partial charge in [-0.2, -0.15) is 0 Å². The van der Waals surface area contributed by atoms with E-state index in [4.69, 9.17) is 5.11 Å². The van der Waals surface area contributed by atoms with E-state index < -0.39 is 5.97 Å². The number of ketones is 1. The van der Waals surface area contributed by atoms with E-state index in [1.54, 1.807) is 19.1 Å². The Balaban J connectivity index is -0.000000256. The van der Waals surface area contributed by atoms with Crippen molar-refractivity contribution in [2.45, 2.75) is 83.1 Å². The Hall–Kier alpha value is -3.32. The first-order chi connectivity index (χ1) is 20.5. The molecule has 0 bridgehead atoms. The first-order valence-corrected chi connectivity index (χ1v) is 16.4. The van der Waals surface area contributed by atoms with Gasteiger partial charge in [0.15, 0.2) is 5.78 Å². The number of nitrogens with two attached hydrogens (primary N) is 1. The van der Waals surface area contributed by atoms with Gasteiger partial charge in [0.2, 0.25) is 0 Å². The lowest BCUT2D eigenvalue weighted by Gasteiger charge is -2.02. The molecule has 0 aliphatic heterocycles. The second-order valence-electron chi connectivity index (χ2n) is 7.90. The monoisotopic (exact) mass is 627 g/mol. The molecule has 3 aromatic rings. The lowest BCUT2D eigenvalue weighted by atomic mass is 10.0. The van der Waals surface area contributed by atoms with Crippen LogP contribution in [0.25, 0.3) is 16.7 Å². The van der Waals surface area contributed by atoms with E-state index in [0.717, 1.165) is 31.3 Å². The zero-order valence-electron chi connectivity index (χ0n) is 28.9. The highest BCUT2D eigenvalue weighted by Gasteiger charge is 2.16. The summed E-state index contributed by atoms with van der Waals surface area (Å²) in [7, 11) is 1.50. The number of aryl methyl sites for hydroxylation is 2. The van der Waals surface area contributed by atoms with E-state index in [2.05, 4.69) is 38.8 Å². The third kappa shape index (κ3) is 19.5. The van der Waals surface area contributed by atoms with E-state index in [-0.39, 0.29) is 5.78 Å². The Labute approximate surface area is 271 Å². The average molecular weight is 628 g/mol. The molecule has 1 aromatic carbocycles. The van der Waals surface area contributed by atoms with Gasteiger partial charge >= 0.3 is 5.97 Å². The second kappa shape index (κ2) is 30.1. The number of rotatable bonds is 6. The van der Waals surface area contributed by atoms with E-state index in [0.29, 0.717) is 5.56 Å². The molecule has 0 amide bonds. The van der Waals surface area contributed by atoms with Crippen LogP contribution >= 0.6 is 22.7 Å². The highest BCUT2D eigenvalue weighted by molar-refractivity contribution is 7.15. The van der Waals surface area contributed by atoms with Crippen molar-refractivity contribution in [2.75, 3.05) is 7.05 Å². The highest BCUT2D eigenvalue weighted by Crippen LogP contribution is 2.31. The van der Waals surface area contributed by atoms with Crippen LogP contribution in [0.3, 0.4) is 0 Å². The number of allylic oxidation sites excluding steroid dienone is 6. The quantitative estimate of drug-likeness (QED) is 0.162. The van der Waals surface area contributed by atoms with Gasteiger partial charge in [-0.05, 0) is 77.2 Å². The Morgan fingerprint density at radius 2 is 1.30 bits per heavy atom. The van der Waals surface area contributed by atoms with E-state index in [1.165, 1.54) is 40.9 Å². The molecule has 0 radical (unpaired) electrons. The van der Waals surface area contributed by atoms with Gasteiger partial charge < -0.3 is 10.8 Å². The Kier molecular flexibility index (Phi) is 32.7. The molecule has 0 atom stereocenters. The molecule has 4 nitrogen and oxygen atoms in total. The molecule has 0 saturated carbocycles.